The van der Waals surface area contributed by atoms with Crippen molar-refractivity contribution in [3.63, 3.8) is 0 Å². The number of para-hydroxylation sites is 1. The van der Waals surface area contributed by atoms with Gasteiger partial charge in [-0.2, -0.15) is 0 Å². The third-order valence-electron chi connectivity index (χ3n) is 4.16. The summed E-state index contributed by atoms with van der Waals surface area (Å²) in [4.78, 5) is 8.64. The van der Waals surface area contributed by atoms with Crippen LogP contribution >= 0.6 is 0 Å². The number of nitrogens with zero attached hydrogens (tertiary/aromatic N) is 2. The van der Waals surface area contributed by atoms with E-state index in [1.165, 1.54) is 18.4 Å². The Morgan fingerprint density at radius 1 is 0.920 bits per heavy atom. The molecule has 1 N–H and O–H groups in total. The Hall–Kier alpha value is -2.62. The van der Waals surface area contributed by atoms with Gasteiger partial charge in [0, 0.05) is 11.9 Å². The van der Waals surface area contributed by atoms with E-state index < -0.39 is 0 Å². The zero-order chi connectivity index (χ0) is 17.3. The first-order valence-electron chi connectivity index (χ1n) is 8.96. The van der Waals surface area contributed by atoms with Crippen LogP contribution in [0.1, 0.15) is 31.2 Å². The van der Waals surface area contributed by atoms with Gasteiger partial charge in [-0.25, -0.2) is 9.97 Å². The van der Waals surface area contributed by atoms with Gasteiger partial charge in [0.2, 0.25) is 0 Å². The van der Waals surface area contributed by atoms with Gasteiger partial charge in [-0.3, -0.25) is 0 Å². The van der Waals surface area contributed by atoms with Gasteiger partial charge in [-0.05, 0) is 49.6 Å². The first-order chi connectivity index (χ1) is 12.3. The van der Waals surface area contributed by atoms with Gasteiger partial charge in [0.05, 0.1) is 12.1 Å². The average molecular weight is 335 g/mol. The van der Waals surface area contributed by atoms with Crippen LogP contribution in [0.4, 0.5) is 5.82 Å². The quantitative estimate of drug-likeness (QED) is 0.560. The van der Waals surface area contributed by atoms with Crippen LogP contribution in [0.2, 0.25) is 0 Å². The van der Waals surface area contributed by atoms with Gasteiger partial charge in [0.25, 0.3) is 0 Å². The fourth-order valence-corrected chi connectivity index (χ4v) is 2.83. The van der Waals surface area contributed by atoms with Gasteiger partial charge >= 0.3 is 0 Å². The molecule has 1 heterocycles. The molecule has 0 atom stereocenters. The van der Waals surface area contributed by atoms with Crippen LogP contribution in [-0.2, 0) is 0 Å². The minimum absolute atomic E-state index is 0.785. The third-order valence-corrected chi connectivity index (χ3v) is 4.16. The fraction of sp³-hybridized carbons (Fsp3) is 0.333. The molecule has 0 aliphatic rings. The van der Waals surface area contributed by atoms with Crippen molar-refractivity contribution in [1.82, 2.24) is 9.97 Å². The minimum atomic E-state index is 0.785. The number of unbranched alkanes of at least 4 members (excludes halogenated alkanes) is 3. The number of fused-ring (bicyclic) bond motifs is 1. The summed E-state index contributed by atoms with van der Waals surface area (Å²) in [6.45, 7) is 3.80. The number of benzene rings is 2. The highest BCUT2D eigenvalue weighted by molar-refractivity contribution is 5.88. The van der Waals surface area contributed by atoms with Crippen molar-refractivity contribution in [3.05, 3.63) is 60.4 Å². The minimum Gasteiger partial charge on any atom is -0.494 e. The number of anilines is 1. The summed E-state index contributed by atoms with van der Waals surface area (Å²) in [6, 6.07) is 16.3. The Kier molecular flexibility index (Phi) is 6.21. The van der Waals surface area contributed by atoms with Crippen molar-refractivity contribution < 1.29 is 4.74 Å². The van der Waals surface area contributed by atoms with Crippen molar-refractivity contribution in [2.45, 2.75) is 32.6 Å². The van der Waals surface area contributed by atoms with E-state index in [1.807, 2.05) is 30.3 Å². The topological polar surface area (TPSA) is 47.0 Å². The number of hydrogen-bond donors (Lipinski definition) is 1. The van der Waals surface area contributed by atoms with Gasteiger partial charge in [-0.15, -0.1) is 0 Å². The summed E-state index contributed by atoms with van der Waals surface area (Å²) >= 11 is 0. The molecule has 25 heavy (non-hydrogen) atoms. The standard InChI is InChI=1S/C21H25N3O/c1-17-9-8-10-18(15-17)25-14-7-3-2-6-13-22-21-19-11-4-5-12-20(19)23-16-24-21/h4-5,8-12,15-16H,2-3,6-7,13-14H2,1H3,(H,22,23,24). The van der Waals surface area contributed by atoms with Crippen LogP contribution in [0.3, 0.4) is 0 Å². The summed E-state index contributed by atoms with van der Waals surface area (Å²) in [7, 11) is 0. The molecule has 0 fully saturated rings. The van der Waals surface area contributed by atoms with E-state index in [9.17, 15) is 0 Å². The predicted octanol–water partition coefficient (Wildman–Crippen LogP) is 4.99. The number of aromatic nitrogens is 2. The molecule has 4 heteroatoms. The normalized spacial score (nSPS) is 10.8. The first kappa shape index (κ1) is 17.2. The summed E-state index contributed by atoms with van der Waals surface area (Å²) < 4.78 is 5.78. The molecular formula is C21H25N3O. The van der Waals surface area contributed by atoms with Gasteiger partial charge in [0.1, 0.15) is 17.9 Å². The molecule has 4 nitrogen and oxygen atoms in total. The van der Waals surface area contributed by atoms with Crippen LogP contribution in [0.25, 0.3) is 10.9 Å². The van der Waals surface area contributed by atoms with E-state index in [1.54, 1.807) is 6.33 Å². The largest absolute Gasteiger partial charge is 0.494 e. The van der Waals surface area contributed by atoms with E-state index in [4.69, 9.17) is 4.74 Å². The van der Waals surface area contributed by atoms with E-state index in [-0.39, 0.29) is 0 Å². The summed E-state index contributed by atoms with van der Waals surface area (Å²) in [5.41, 5.74) is 2.22. The smallest absolute Gasteiger partial charge is 0.137 e. The van der Waals surface area contributed by atoms with E-state index in [0.29, 0.717) is 0 Å². The lowest BCUT2D eigenvalue weighted by atomic mass is 10.2. The Labute approximate surface area is 149 Å². The Morgan fingerprint density at radius 3 is 2.72 bits per heavy atom. The van der Waals surface area contributed by atoms with Crippen molar-refractivity contribution in [3.8, 4) is 5.75 Å². The number of rotatable bonds is 9. The summed E-state index contributed by atoms with van der Waals surface area (Å²) in [5, 5.41) is 4.51. The van der Waals surface area contributed by atoms with Gasteiger partial charge < -0.3 is 10.1 Å². The number of nitrogens with one attached hydrogen (secondary N) is 1. The second-order valence-corrected chi connectivity index (χ2v) is 6.25. The Balaban J connectivity index is 1.31. The second kappa shape index (κ2) is 9.02. The molecule has 0 aliphatic heterocycles. The van der Waals surface area contributed by atoms with Gasteiger partial charge in [-0.1, -0.05) is 37.1 Å². The third kappa shape index (κ3) is 5.18. The number of ether oxygens (including phenoxy) is 1. The lowest BCUT2D eigenvalue weighted by Gasteiger charge is -2.09. The molecule has 0 unspecified atom stereocenters. The number of aryl methyl sites for hydroxylation is 1. The summed E-state index contributed by atoms with van der Waals surface area (Å²) in [5.74, 6) is 1.89. The van der Waals surface area contributed by atoms with Crippen LogP contribution < -0.4 is 10.1 Å². The highest BCUT2D eigenvalue weighted by Gasteiger charge is 2.01. The molecule has 0 radical (unpaired) electrons. The molecule has 0 bridgehead atoms. The van der Waals surface area contributed by atoms with Crippen molar-refractivity contribution in [2.75, 3.05) is 18.5 Å². The molecule has 2 aromatic carbocycles. The number of hydrogen-bond acceptors (Lipinski definition) is 4. The fourth-order valence-electron chi connectivity index (χ4n) is 2.83. The predicted molar refractivity (Wildman–Crippen MR) is 103 cm³/mol. The molecule has 0 aliphatic carbocycles. The Morgan fingerprint density at radius 2 is 1.80 bits per heavy atom. The zero-order valence-electron chi connectivity index (χ0n) is 14.7. The van der Waals surface area contributed by atoms with Crippen LogP contribution in [0, 0.1) is 6.92 Å². The van der Waals surface area contributed by atoms with Crippen LogP contribution in [-0.4, -0.2) is 23.1 Å². The Bertz CT molecular complexity index is 799. The maximum atomic E-state index is 5.78. The molecule has 0 saturated carbocycles. The molecule has 0 amide bonds. The van der Waals surface area contributed by atoms with Gasteiger partial charge in [0.15, 0.2) is 0 Å². The molecule has 130 valence electrons. The molecule has 0 spiro atoms. The summed E-state index contributed by atoms with van der Waals surface area (Å²) in [6.07, 6.45) is 6.20. The first-order valence-corrected chi connectivity index (χ1v) is 8.96. The zero-order valence-corrected chi connectivity index (χ0v) is 14.7. The molecule has 3 aromatic rings. The van der Waals surface area contributed by atoms with E-state index in [2.05, 4.69) is 40.4 Å². The highest BCUT2D eigenvalue weighted by atomic mass is 16.5. The van der Waals surface area contributed by atoms with Crippen molar-refractivity contribution in [2.24, 2.45) is 0 Å². The van der Waals surface area contributed by atoms with Crippen LogP contribution in [0.5, 0.6) is 5.75 Å². The maximum Gasteiger partial charge on any atom is 0.137 e. The van der Waals surface area contributed by atoms with Crippen LogP contribution in [0.15, 0.2) is 54.9 Å². The maximum absolute atomic E-state index is 5.78. The monoisotopic (exact) mass is 335 g/mol. The lowest BCUT2D eigenvalue weighted by molar-refractivity contribution is 0.305. The van der Waals surface area contributed by atoms with E-state index >= 15 is 0 Å². The lowest BCUT2D eigenvalue weighted by Crippen LogP contribution is -2.04. The SMILES string of the molecule is Cc1cccc(OCCCCCCNc2ncnc3ccccc23)c1. The second-order valence-electron chi connectivity index (χ2n) is 6.25. The van der Waals surface area contributed by atoms with E-state index in [0.717, 1.165) is 48.5 Å². The molecule has 0 saturated heterocycles. The molecule has 1 aromatic heterocycles. The highest BCUT2D eigenvalue weighted by Crippen LogP contribution is 2.18. The molecule has 3 rings (SSSR count). The molecular weight excluding hydrogens is 310 g/mol. The van der Waals surface area contributed by atoms with Crippen molar-refractivity contribution in [1.29, 1.82) is 0 Å². The average Bonchev–Trinajstić information content (AvgIpc) is 2.64. The van der Waals surface area contributed by atoms with Crippen molar-refractivity contribution >= 4 is 16.7 Å².